The summed E-state index contributed by atoms with van der Waals surface area (Å²) in [5, 5.41) is 8.74. The first kappa shape index (κ1) is 18.3. The zero-order valence-corrected chi connectivity index (χ0v) is 15.8. The Labute approximate surface area is 167 Å². The maximum Gasteiger partial charge on any atom is 0.213 e. The highest BCUT2D eigenvalue weighted by Gasteiger charge is 2.19. The van der Waals surface area contributed by atoms with E-state index in [1.54, 1.807) is 30.0 Å². The van der Waals surface area contributed by atoms with Gasteiger partial charge in [0.15, 0.2) is 0 Å². The van der Waals surface area contributed by atoms with Crippen molar-refractivity contribution in [3.05, 3.63) is 101 Å². The summed E-state index contributed by atoms with van der Waals surface area (Å²) in [6, 6.07) is 23.0. The Balaban J connectivity index is 1.78. The SMILES string of the molecule is O=C(/C(=N\N=C1\CCSc2ccc(F)cc21)c1ccccc1)c1ccccc1. The van der Waals surface area contributed by atoms with E-state index in [-0.39, 0.29) is 17.3 Å². The van der Waals surface area contributed by atoms with Crippen LogP contribution in [0.25, 0.3) is 0 Å². The maximum atomic E-state index is 13.7. The van der Waals surface area contributed by atoms with E-state index in [9.17, 15) is 9.18 Å². The van der Waals surface area contributed by atoms with Crippen molar-refractivity contribution in [1.82, 2.24) is 0 Å². The molecule has 0 unspecified atom stereocenters. The van der Waals surface area contributed by atoms with Gasteiger partial charge in [-0.15, -0.1) is 16.9 Å². The van der Waals surface area contributed by atoms with Crippen molar-refractivity contribution >= 4 is 29.0 Å². The van der Waals surface area contributed by atoms with Crippen molar-refractivity contribution in [3.8, 4) is 0 Å². The molecule has 138 valence electrons. The van der Waals surface area contributed by atoms with Gasteiger partial charge in [-0.1, -0.05) is 60.7 Å². The lowest BCUT2D eigenvalue weighted by Crippen LogP contribution is -2.16. The van der Waals surface area contributed by atoms with Gasteiger partial charge in [-0.2, -0.15) is 5.10 Å². The number of carbonyl (C=O) groups excluding carboxylic acids is 1. The number of Topliss-reactive ketones (excluding diaryl/α,β-unsaturated/α-hetero) is 1. The van der Waals surface area contributed by atoms with Crippen LogP contribution in [0.4, 0.5) is 4.39 Å². The second kappa shape index (κ2) is 8.31. The third-order valence-corrected chi connectivity index (χ3v) is 5.49. The van der Waals surface area contributed by atoms with Crippen molar-refractivity contribution in [2.24, 2.45) is 10.2 Å². The minimum atomic E-state index is -0.304. The zero-order valence-electron chi connectivity index (χ0n) is 15.0. The Hall–Kier alpha value is -3.05. The maximum absolute atomic E-state index is 13.7. The van der Waals surface area contributed by atoms with Crippen LogP contribution in [0.15, 0.2) is 94.0 Å². The molecule has 1 aliphatic rings. The summed E-state index contributed by atoms with van der Waals surface area (Å²) in [6.45, 7) is 0. The molecule has 0 spiro atoms. The number of thioether (sulfide) groups is 1. The fourth-order valence-electron chi connectivity index (χ4n) is 3.02. The predicted molar refractivity (Wildman–Crippen MR) is 112 cm³/mol. The Morgan fingerprint density at radius 2 is 1.57 bits per heavy atom. The Bertz CT molecular complexity index is 1060. The van der Waals surface area contributed by atoms with Crippen LogP contribution in [0.5, 0.6) is 0 Å². The van der Waals surface area contributed by atoms with Gasteiger partial charge >= 0.3 is 0 Å². The van der Waals surface area contributed by atoms with E-state index in [0.29, 0.717) is 23.3 Å². The number of ketones is 1. The van der Waals surface area contributed by atoms with Crippen molar-refractivity contribution < 1.29 is 9.18 Å². The van der Waals surface area contributed by atoms with E-state index in [1.807, 2.05) is 48.5 Å². The van der Waals surface area contributed by atoms with Crippen LogP contribution in [-0.4, -0.2) is 23.0 Å². The molecule has 0 bridgehead atoms. The van der Waals surface area contributed by atoms with Crippen LogP contribution in [0.1, 0.15) is 27.9 Å². The molecule has 1 aliphatic heterocycles. The molecule has 0 saturated heterocycles. The second-order valence-electron chi connectivity index (χ2n) is 6.30. The molecule has 0 saturated carbocycles. The van der Waals surface area contributed by atoms with E-state index < -0.39 is 0 Å². The summed E-state index contributed by atoms with van der Waals surface area (Å²) in [7, 11) is 0. The summed E-state index contributed by atoms with van der Waals surface area (Å²) in [6.07, 6.45) is 0.673. The van der Waals surface area contributed by atoms with Crippen LogP contribution in [-0.2, 0) is 0 Å². The zero-order chi connectivity index (χ0) is 19.3. The van der Waals surface area contributed by atoms with Crippen LogP contribution >= 0.6 is 11.8 Å². The van der Waals surface area contributed by atoms with Crippen LogP contribution < -0.4 is 0 Å². The molecule has 0 fully saturated rings. The number of hydrogen-bond donors (Lipinski definition) is 0. The highest BCUT2D eigenvalue weighted by atomic mass is 32.2. The molecular weight excluding hydrogens is 371 g/mol. The normalized spacial score (nSPS) is 15.3. The van der Waals surface area contributed by atoms with E-state index in [1.165, 1.54) is 12.1 Å². The number of halogens is 1. The van der Waals surface area contributed by atoms with Gasteiger partial charge in [0, 0.05) is 33.8 Å². The van der Waals surface area contributed by atoms with Gasteiger partial charge in [0.25, 0.3) is 0 Å². The van der Waals surface area contributed by atoms with Gasteiger partial charge in [0.05, 0.1) is 5.71 Å². The molecule has 1 heterocycles. The fourth-order valence-corrected chi connectivity index (χ4v) is 4.03. The largest absolute Gasteiger partial charge is 0.287 e. The summed E-state index contributed by atoms with van der Waals surface area (Å²) in [4.78, 5) is 14.0. The molecule has 3 aromatic rings. The summed E-state index contributed by atoms with van der Waals surface area (Å²) < 4.78 is 13.7. The smallest absolute Gasteiger partial charge is 0.213 e. The third-order valence-electron chi connectivity index (χ3n) is 4.42. The van der Waals surface area contributed by atoms with Gasteiger partial charge in [-0.25, -0.2) is 4.39 Å². The molecule has 0 amide bonds. The van der Waals surface area contributed by atoms with Crippen molar-refractivity contribution in [3.63, 3.8) is 0 Å². The Morgan fingerprint density at radius 1 is 0.893 bits per heavy atom. The summed E-state index contributed by atoms with van der Waals surface area (Å²) >= 11 is 1.67. The van der Waals surface area contributed by atoms with Crippen molar-refractivity contribution in [1.29, 1.82) is 0 Å². The quantitative estimate of drug-likeness (QED) is 0.341. The summed E-state index contributed by atoms with van der Waals surface area (Å²) in [5.41, 5.74) is 2.97. The number of rotatable bonds is 4. The molecular formula is C23H17FN2OS. The molecule has 4 rings (SSSR count). The first-order valence-corrected chi connectivity index (χ1v) is 9.93. The molecule has 0 N–H and O–H groups in total. The Morgan fingerprint density at radius 3 is 2.29 bits per heavy atom. The predicted octanol–water partition coefficient (Wildman–Crippen LogP) is 5.40. The average molecular weight is 388 g/mol. The van der Waals surface area contributed by atoms with Crippen LogP contribution in [0.2, 0.25) is 0 Å². The number of nitrogens with zero attached hydrogens (tertiary/aromatic N) is 2. The minimum Gasteiger partial charge on any atom is -0.287 e. The fraction of sp³-hybridized carbons (Fsp3) is 0.0870. The van der Waals surface area contributed by atoms with E-state index >= 15 is 0 Å². The molecule has 0 radical (unpaired) electrons. The topological polar surface area (TPSA) is 41.8 Å². The monoisotopic (exact) mass is 388 g/mol. The lowest BCUT2D eigenvalue weighted by molar-refractivity contribution is 0.106. The van der Waals surface area contributed by atoms with E-state index in [4.69, 9.17) is 0 Å². The first-order valence-electron chi connectivity index (χ1n) is 8.95. The van der Waals surface area contributed by atoms with Gasteiger partial charge in [0.1, 0.15) is 11.5 Å². The highest BCUT2D eigenvalue weighted by Crippen LogP contribution is 2.31. The molecule has 0 aromatic heterocycles. The van der Waals surface area contributed by atoms with Gasteiger partial charge < -0.3 is 0 Å². The highest BCUT2D eigenvalue weighted by molar-refractivity contribution is 7.99. The van der Waals surface area contributed by atoms with Gasteiger partial charge in [-0.3, -0.25) is 4.79 Å². The number of fused-ring (bicyclic) bond motifs is 1. The molecule has 0 aliphatic carbocycles. The first-order chi connectivity index (χ1) is 13.7. The van der Waals surface area contributed by atoms with Crippen LogP contribution in [0, 0.1) is 5.82 Å². The van der Waals surface area contributed by atoms with Crippen LogP contribution in [0.3, 0.4) is 0 Å². The minimum absolute atomic E-state index is 0.194. The average Bonchev–Trinajstić information content (AvgIpc) is 2.75. The molecule has 3 nitrogen and oxygen atoms in total. The summed E-state index contributed by atoms with van der Waals surface area (Å²) in [5.74, 6) is 0.350. The second-order valence-corrected chi connectivity index (χ2v) is 7.43. The van der Waals surface area contributed by atoms with Crippen molar-refractivity contribution in [2.75, 3.05) is 5.75 Å². The third kappa shape index (κ3) is 3.94. The molecule has 0 atom stereocenters. The number of benzene rings is 3. The molecule has 3 aromatic carbocycles. The number of hydrogen-bond acceptors (Lipinski definition) is 4. The van der Waals surface area contributed by atoms with Crippen molar-refractivity contribution in [2.45, 2.75) is 11.3 Å². The van der Waals surface area contributed by atoms with E-state index in [2.05, 4.69) is 10.2 Å². The van der Waals surface area contributed by atoms with Gasteiger partial charge in [0.2, 0.25) is 5.78 Å². The van der Waals surface area contributed by atoms with Gasteiger partial charge in [-0.05, 0) is 18.2 Å². The Kier molecular flexibility index (Phi) is 5.44. The molecule has 28 heavy (non-hydrogen) atoms. The lowest BCUT2D eigenvalue weighted by atomic mass is 10.0. The van der Waals surface area contributed by atoms with E-state index in [0.717, 1.165) is 16.2 Å². The lowest BCUT2D eigenvalue weighted by Gasteiger charge is -2.16. The standard InChI is InChI=1S/C23H17FN2OS/c24-18-11-12-21-19(15-18)20(13-14-28-21)25-26-22(16-7-3-1-4-8-16)23(27)17-9-5-2-6-10-17/h1-12,15H,13-14H2/b25-20-,26-22-. The number of carbonyl (C=O) groups is 1. The molecule has 5 heteroatoms.